The van der Waals surface area contributed by atoms with Crippen LogP contribution in [0, 0.1) is 0 Å². The predicted molar refractivity (Wildman–Crippen MR) is 59.1 cm³/mol. The number of aromatic nitrogens is 2. The minimum atomic E-state index is -4.51. The summed E-state index contributed by atoms with van der Waals surface area (Å²) in [6, 6.07) is 0. The molecule has 2 heterocycles. The maximum absolute atomic E-state index is 12.4. The van der Waals surface area contributed by atoms with Crippen molar-refractivity contribution in [3.8, 4) is 0 Å². The van der Waals surface area contributed by atoms with Crippen LogP contribution < -0.4 is 4.90 Å². The lowest BCUT2D eigenvalue weighted by Crippen LogP contribution is -2.43. The Bertz CT molecular complexity index is 465. The van der Waals surface area contributed by atoms with Gasteiger partial charge in [0.2, 0.25) is 10.1 Å². The van der Waals surface area contributed by atoms with E-state index in [4.69, 9.17) is 9.84 Å². The van der Waals surface area contributed by atoms with Crippen molar-refractivity contribution in [1.29, 1.82) is 0 Å². The lowest BCUT2D eigenvalue weighted by molar-refractivity contribution is -0.140. The zero-order valence-corrected chi connectivity index (χ0v) is 10.4. The zero-order chi connectivity index (χ0) is 14.0. The number of alkyl halides is 3. The van der Waals surface area contributed by atoms with Crippen LogP contribution in [0.15, 0.2) is 0 Å². The molecule has 1 N–H and O–H groups in total. The molecule has 1 unspecified atom stereocenters. The van der Waals surface area contributed by atoms with Crippen LogP contribution in [-0.2, 0) is 15.7 Å². The van der Waals surface area contributed by atoms with Gasteiger partial charge in [0.1, 0.15) is 0 Å². The number of hydrogen-bond acceptors (Lipinski definition) is 6. The van der Waals surface area contributed by atoms with Crippen molar-refractivity contribution in [1.82, 2.24) is 10.2 Å². The molecule has 1 aromatic rings. The Morgan fingerprint density at radius 2 is 2.26 bits per heavy atom. The lowest BCUT2D eigenvalue weighted by atomic mass is 10.2. The molecule has 10 heteroatoms. The summed E-state index contributed by atoms with van der Waals surface area (Å²) in [5.41, 5.74) is 0. The van der Waals surface area contributed by atoms with Gasteiger partial charge < -0.3 is 14.7 Å². The highest BCUT2D eigenvalue weighted by Crippen LogP contribution is 2.34. The molecule has 0 radical (unpaired) electrons. The standard InChI is InChI=1S/C9H10F3N3O3S/c10-9(11,12)7-13-14-8(19-7)15-1-2-18-5(4-15)3-6(16)17/h5H,1-4H2,(H,16,17). The molecule has 0 spiro atoms. The average molecular weight is 297 g/mol. The molecule has 1 atom stereocenters. The third-order valence-corrected chi connectivity index (χ3v) is 3.50. The Kier molecular flexibility index (Phi) is 3.90. The van der Waals surface area contributed by atoms with E-state index in [9.17, 15) is 18.0 Å². The van der Waals surface area contributed by atoms with Crippen molar-refractivity contribution >= 4 is 22.4 Å². The molecule has 1 aromatic heterocycles. The summed E-state index contributed by atoms with van der Waals surface area (Å²) in [4.78, 5) is 12.1. The molecule has 0 aromatic carbocycles. The number of carboxylic acid groups (broad SMARTS) is 1. The van der Waals surface area contributed by atoms with E-state index < -0.39 is 23.3 Å². The number of anilines is 1. The normalized spacial score (nSPS) is 20.6. The van der Waals surface area contributed by atoms with Crippen molar-refractivity contribution in [2.75, 3.05) is 24.6 Å². The summed E-state index contributed by atoms with van der Waals surface area (Å²) in [7, 11) is 0. The molecule has 1 saturated heterocycles. The second-order valence-corrected chi connectivity index (χ2v) is 4.88. The van der Waals surface area contributed by atoms with Crippen LogP contribution >= 0.6 is 11.3 Å². The molecule has 0 aliphatic carbocycles. The van der Waals surface area contributed by atoms with Crippen molar-refractivity contribution in [3.63, 3.8) is 0 Å². The number of carboxylic acids is 1. The van der Waals surface area contributed by atoms with Crippen LogP contribution in [0.3, 0.4) is 0 Å². The Hall–Kier alpha value is -1.42. The number of morpholine rings is 1. The van der Waals surface area contributed by atoms with Crippen molar-refractivity contribution in [2.45, 2.75) is 18.7 Å². The van der Waals surface area contributed by atoms with E-state index in [0.29, 0.717) is 17.9 Å². The van der Waals surface area contributed by atoms with E-state index in [1.54, 1.807) is 4.90 Å². The number of hydrogen-bond donors (Lipinski definition) is 1. The number of nitrogens with zero attached hydrogens (tertiary/aromatic N) is 3. The van der Waals surface area contributed by atoms with Crippen LogP contribution in [0.25, 0.3) is 0 Å². The Labute approximate surface area is 109 Å². The third kappa shape index (κ3) is 3.53. The van der Waals surface area contributed by atoms with E-state index in [1.807, 2.05) is 0 Å². The quantitative estimate of drug-likeness (QED) is 0.904. The third-order valence-electron chi connectivity index (χ3n) is 2.47. The van der Waals surface area contributed by atoms with Crippen LogP contribution in [0.1, 0.15) is 11.4 Å². The minimum absolute atomic E-state index is 0.131. The largest absolute Gasteiger partial charge is 0.481 e. The van der Waals surface area contributed by atoms with Crippen LogP contribution in [0.2, 0.25) is 0 Å². The second kappa shape index (κ2) is 5.29. The van der Waals surface area contributed by atoms with Gasteiger partial charge in [0.15, 0.2) is 0 Å². The number of aliphatic carboxylic acids is 1. The van der Waals surface area contributed by atoms with Crippen molar-refractivity contribution < 1.29 is 27.8 Å². The van der Waals surface area contributed by atoms with E-state index in [1.165, 1.54) is 0 Å². The Morgan fingerprint density at radius 1 is 1.53 bits per heavy atom. The van der Waals surface area contributed by atoms with E-state index in [2.05, 4.69) is 10.2 Å². The number of ether oxygens (including phenoxy) is 1. The molecule has 1 fully saturated rings. The van der Waals surface area contributed by atoms with E-state index in [0.717, 1.165) is 0 Å². The summed E-state index contributed by atoms with van der Waals surface area (Å²) < 4.78 is 42.4. The fraction of sp³-hybridized carbons (Fsp3) is 0.667. The summed E-state index contributed by atoms with van der Waals surface area (Å²) in [6.45, 7) is 0.806. The van der Waals surface area contributed by atoms with E-state index in [-0.39, 0.29) is 24.7 Å². The molecule has 2 rings (SSSR count). The molecule has 1 aliphatic rings. The molecule has 0 saturated carbocycles. The Morgan fingerprint density at radius 3 is 2.84 bits per heavy atom. The molecule has 1 aliphatic heterocycles. The van der Waals surface area contributed by atoms with E-state index >= 15 is 0 Å². The van der Waals surface area contributed by atoms with Gasteiger partial charge in [0.05, 0.1) is 19.1 Å². The van der Waals surface area contributed by atoms with Crippen molar-refractivity contribution in [3.05, 3.63) is 5.01 Å². The highest BCUT2D eigenvalue weighted by atomic mass is 32.1. The van der Waals surface area contributed by atoms with Gasteiger partial charge in [-0.05, 0) is 0 Å². The molecule has 0 bridgehead atoms. The Balaban J connectivity index is 2.05. The highest BCUT2D eigenvalue weighted by molar-refractivity contribution is 7.15. The fourth-order valence-electron chi connectivity index (χ4n) is 1.67. The first-order chi connectivity index (χ1) is 8.86. The molecule has 106 valence electrons. The van der Waals surface area contributed by atoms with Crippen LogP contribution in [0.4, 0.5) is 18.3 Å². The monoisotopic (exact) mass is 297 g/mol. The maximum Gasteiger partial charge on any atom is 0.445 e. The molecule has 0 amide bonds. The fourth-order valence-corrected chi connectivity index (χ4v) is 2.42. The average Bonchev–Trinajstić information content (AvgIpc) is 2.77. The number of carbonyl (C=O) groups is 1. The number of halogens is 3. The molecular formula is C9H10F3N3O3S. The lowest BCUT2D eigenvalue weighted by Gasteiger charge is -2.31. The van der Waals surface area contributed by atoms with Crippen LogP contribution in [0.5, 0.6) is 0 Å². The number of rotatable bonds is 3. The van der Waals surface area contributed by atoms with Crippen molar-refractivity contribution in [2.24, 2.45) is 0 Å². The maximum atomic E-state index is 12.4. The van der Waals surface area contributed by atoms with Gasteiger partial charge in [0.25, 0.3) is 0 Å². The first-order valence-electron chi connectivity index (χ1n) is 5.35. The second-order valence-electron chi connectivity index (χ2n) is 3.92. The first-order valence-corrected chi connectivity index (χ1v) is 6.17. The van der Waals surface area contributed by atoms with Crippen LogP contribution in [-0.4, -0.2) is 47.1 Å². The summed E-state index contributed by atoms with van der Waals surface area (Å²) in [6.07, 6.45) is -5.26. The van der Waals surface area contributed by atoms with Gasteiger partial charge in [0, 0.05) is 13.1 Å². The first kappa shape index (κ1) is 14.0. The van der Waals surface area contributed by atoms with Gasteiger partial charge >= 0.3 is 12.1 Å². The SMILES string of the molecule is O=C(O)CC1CN(c2nnc(C(F)(F)F)s2)CCO1. The van der Waals surface area contributed by atoms with Gasteiger partial charge in [-0.3, -0.25) is 4.79 Å². The summed E-state index contributed by atoms with van der Waals surface area (Å²) >= 11 is 0.443. The topological polar surface area (TPSA) is 75.5 Å². The molecular weight excluding hydrogens is 287 g/mol. The predicted octanol–water partition coefficient (Wildman–Crippen LogP) is 1.24. The van der Waals surface area contributed by atoms with Gasteiger partial charge in [-0.15, -0.1) is 10.2 Å². The van der Waals surface area contributed by atoms with Gasteiger partial charge in [-0.2, -0.15) is 13.2 Å². The highest BCUT2D eigenvalue weighted by Gasteiger charge is 2.36. The summed E-state index contributed by atoms with van der Waals surface area (Å²) in [5.74, 6) is -1.01. The smallest absolute Gasteiger partial charge is 0.445 e. The minimum Gasteiger partial charge on any atom is -0.481 e. The molecule has 19 heavy (non-hydrogen) atoms. The summed E-state index contributed by atoms with van der Waals surface area (Å²) in [5, 5.41) is 14.4. The zero-order valence-electron chi connectivity index (χ0n) is 9.55. The van der Waals surface area contributed by atoms with Gasteiger partial charge in [-0.1, -0.05) is 11.3 Å². The van der Waals surface area contributed by atoms with Gasteiger partial charge in [-0.25, -0.2) is 0 Å². The molecule has 6 nitrogen and oxygen atoms in total.